The Labute approximate surface area is 163 Å². The lowest BCUT2D eigenvalue weighted by molar-refractivity contribution is -0.123. The molecule has 1 aromatic rings. The maximum absolute atomic E-state index is 12.4. The van der Waals surface area contributed by atoms with E-state index in [1.165, 1.54) is 11.3 Å². The zero-order chi connectivity index (χ0) is 16.3. The highest BCUT2D eigenvalue weighted by molar-refractivity contribution is 5.85. The minimum atomic E-state index is 0. The van der Waals surface area contributed by atoms with Crippen LogP contribution in [0.5, 0.6) is 0 Å². The van der Waals surface area contributed by atoms with Crippen molar-refractivity contribution in [2.45, 2.75) is 33.1 Å². The summed E-state index contributed by atoms with van der Waals surface area (Å²) in [6.07, 6.45) is 3.42. The molecule has 1 heterocycles. The molecule has 1 unspecified atom stereocenters. The van der Waals surface area contributed by atoms with Gasteiger partial charge in [0.2, 0.25) is 5.91 Å². The van der Waals surface area contributed by atoms with Crippen LogP contribution in [0.4, 0.5) is 5.69 Å². The number of amides is 1. The number of hydrogen-bond donors (Lipinski definition) is 2. The molecule has 1 atom stereocenters. The van der Waals surface area contributed by atoms with Crippen molar-refractivity contribution < 1.29 is 4.79 Å². The average molecular weight is 388 g/mol. The Balaban J connectivity index is 0.00000156. The van der Waals surface area contributed by atoms with Crippen molar-refractivity contribution >= 4 is 36.4 Å². The highest BCUT2D eigenvalue weighted by Gasteiger charge is 2.57. The summed E-state index contributed by atoms with van der Waals surface area (Å²) in [7, 11) is 0. The number of aryl methyl sites for hydroxylation is 1. The molecule has 6 heteroatoms. The number of piperidine rings is 1. The van der Waals surface area contributed by atoms with Crippen LogP contribution in [0.3, 0.4) is 0 Å². The molecule has 142 valence electrons. The van der Waals surface area contributed by atoms with Gasteiger partial charge in [0.15, 0.2) is 0 Å². The SMILES string of the molecule is CCN(CCNC(=O)C1CC12CCNCC2)c1cccc(C)c1.Cl.Cl. The number of nitrogens with one attached hydrogen (secondary N) is 2. The van der Waals surface area contributed by atoms with Crippen LogP contribution in [0.2, 0.25) is 0 Å². The molecule has 1 aromatic carbocycles. The number of carbonyl (C=O) groups excluding carboxylic acids is 1. The van der Waals surface area contributed by atoms with Crippen LogP contribution in [0.1, 0.15) is 31.7 Å². The van der Waals surface area contributed by atoms with Gasteiger partial charge >= 0.3 is 0 Å². The minimum absolute atomic E-state index is 0. The van der Waals surface area contributed by atoms with Crippen LogP contribution in [0.15, 0.2) is 24.3 Å². The smallest absolute Gasteiger partial charge is 0.223 e. The first-order valence-electron chi connectivity index (χ1n) is 8.95. The van der Waals surface area contributed by atoms with E-state index in [9.17, 15) is 4.79 Å². The number of rotatable bonds is 6. The molecule has 3 rings (SSSR count). The second-order valence-electron chi connectivity index (χ2n) is 7.08. The molecule has 0 bridgehead atoms. The molecule has 0 radical (unpaired) electrons. The van der Waals surface area contributed by atoms with E-state index in [-0.39, 0.29) is 36.6 Å². The zero-order valence-electron chi connectivity index (χ0n) is 15.2. The van der Waals surface area contributed by atoms with Crippen LogP contribution in [-0.2, 0) is 4.79 Å². The highest BCUT2D eigenvalue weighted by atomic mass is 35.5. The molecule has 2 N–H and O–H groups in total. The van der Waals surface area contributed by atoms with Crippen molar-refractivity contribution in [2.24, 2.45) is 11.3 Å². The van der Waals surface area contributed by atoms with E-state index in [2.05, 4.69) is 53.6 Å². The molecule has 2 aliphatic rings. The summed E-state index contributed by atoms with van der Waals surface area (Å²) in [4.78, 5) is 14.7. The van der Waals surface area contributed by atoms with Crippen LogP contribution in [-0.4, -0.2) is 38.6 Å². The van der Waals surface area contributed by atoms with Crippen LogP contribution in [0.25, 0.3) is 0 Å². The fourth-order valence-electron chi connectivity index (χ4n) is 3.93. The van der Waals surface area contributed by atoms with Crippen molar-refractivity contribution in [1.82, 2.24) is 10.6 Å². The first kappa shape index (κ1) is 22.1. The van der Waals surface area contributed by atoms with Gasteiger partial charge < -0.3 is 15.5 Å². The fourth-order valence-corrected chi connectivity index (χ4v) is 3.93. The second-order valence-corrected chi connectivity index (χ2v) is 7.08. The van der Waals surface area contributed by atoms with Crippen molar-refractivity contribution in [3.05, 3.63) is 29.8 Å². The van der Waals surface area contributed by atoms with Crippen molar-refractivity contribution in [3.8, 4) is 0 Å². The predicted molar refractivity (Wildman–Crippen MR) is 109 cm³/mol. The lowest BCUT2D eigenvalue weighted by Gasteiger charge is -2.25. The van der Waals surface area contributed by atoms with Crippen molar-refractivity contribution in [2.75, 3.05) is 37.6 Å². The first-order chi connectivity index (χ1) is 11.1. The molecule has 0 aromatic heterocycles. The lowest BCUT2D eigenvalue weighted by atomic mass is 9.92. The third kappa shape index (κ3) is 5.25. The molecule has 1 aliphatic carbocycles. The second kappa shape index (κ2) is 9.65. The van der Waals surface area contributed by atoms with Gasteiger partial charge in [0.1, 0.15) is 0 Å². The van der Waals surface area contributed by atoms with E-state index in [1.54, 1.807) is 0 Å². The Hall–Kier alpha value is -0.970. The van der Waals surface area contributed by atoms with E-state index >= 15 is 0 Å². The number of nitrogens with zero attached hydrogens (tertiary/aromatic N) is 1. The third-order valence-corrected chi connectivity index (χ3v) is 5.54. The van der Waals surface area contributed by atoms with Crippen molar-refractivity contribution in [1.29, 1.82) is 0 Å². The van der Waals surface area contributed by atoms with E-state index in [1.807, 2.05) is 0 Å². The van der Waals surface area contributed by atoms with Gasteiger partial charge in [-0.2, -0.15) is 0 Å². The van der Waals surface area contributed by atoms with Gasteiger partial charge in [-0.05, 0) is 69.3 Å². The number of hydrogen-bond acceptors (Lipinski definition) is 3. The third-order valence-electron chi connectivity index (χ3n) is 5.54. The highest BCUT2D eigenvalue weighted by Crippen LogP contribution is 2.58. The largest absolute Gasteiger partial charge is 0.370 e. The molecular formula is C19H31Cl2N3O. The summed E-state index contributed by atoms with van der Waals surface area (Å²) in [5.74, 6) is 0.533. The van der Waals surface area contributed by atoms with Crippen LogP contribution in [0, 0.1) is 18.3 Å². The van der Waals surface area contributed by atoms with Crippen LogP contribution < -0.4 is 15.5 Å². The van der Waals surface area contributed by atoms with Crippen LogP contribution >= 0.6 is 24.8 Å². The molecule has 2 fully saturated rings. The Morgan fingerprint density at radius 2 is 2.04 bits per heavy atom. The standard InChI is InChI=1S/C19H29N3O.2ClH/c1-3-22(16-6-4-5-15(2)13-16)12-11-21-18(23)17-14-19(17)7-9-20-10-8-19;;/h4-6,13,17,20H,3,7-12,14H2,1-2H3,(H,21,23);2*1H. The molecular weight excluding hydrogens is 357 g/mol. The number of likely N-dealkylation sites (N-methyl/N-ethyl adjacent to an activating group) is 1. The maximum atomic E-state index is 12.4. The molecule has 25 heavy (non-hydrogen) atoms. The van der Waals surface area contributed by atoms with Gasteiger partial charge in [0, 0.05) is 31.2 Å². The molecule has 1 amide bonds. The lowest BCUT2D eigenvalue weighted by Crippen LogP contribution is -2.37. The molecule has 1 aliphatic heterocycles. The van der Waals surface area contributed by atoms with E-state index in [0.29, 0.717) is 5.41 Å². The molecule has 1 saturated carbocycles. The van der Waals surface area contributed by atoms with E-state index in [0.717, 1.165) is 52.0 Å². The number of carbonyl (C=O) groups is 1. The van der Waals surface area contributed by atoms with Gasteiger partial charge in [-0.1, -0.05) is 12.1 Å². The van der Waals surface area contributed by atoms with Gasteiger partial charge in [0.25, 0.3) is 0 Å². The first-order valence-corrected chi connectivity index (χ1v) is 8.95. The Kier molecular flexibility index (Phi) is 8.52. The number of anilines is 1. The van der Waals surface area contributed by atoms with Crippen molar-refractivity contribution in [3.63, 3.8) is 0 Å². The minimum Gasteiger partial charge on any atom is -0.370 e. The molecule has 1 spiro atoms. The zero-order valence-corrected chi connectivity index (χ0v) is 16.8. The molecule has 1 saturated heterocycles. The molecule has 4 nitrogen and oxygen atoms in total. The van der Waals surface area contributed by atoms with Gasteiger partial charge in [0.05, 0.1) is 0 Å². The fraction of sp³-hybridized carbons (Fsp3) is 0.632. The summed E-state index contributed by atoms with van der Waals surface area (Å²) < 4.78 is 0. The van der Waals surface area contributed by atoms with Gasteiger partial charge in [-0.3, -0.25) is 4.79 Å². The number of benzene rings is 1. The predicted octanol–water partition coefficient (Wildman–Crippen LogP) is 3.17. The Morgan fingerprint density at radius 1 is 1.32 bits per heavy atom. The van der Waals surface area contributed by atoms with E-state index in [4.69, 9.17) is 0 Å². The normalized spacial score (nSPS) is 20.2. The number of halogens is 2. The monoisotopic (exact) mass is 387 g/mol. The topological polar surface area (TPSA) is 44.4 Å². The quantitative estimate of drug-likeness (QED) is 0.787. The summed E-state index contributed by atoms with van der Waals surface area (Å²) >= 11 is 0. The summed E-state index contributed by atoms with van der Waals surface area (Å²) in [5, 5.41) is 6.55. The Bertz CT molecular complexity index is 561. The average Bonchev–Trinajstić information content (AvgIpc) is 3.25. The summed E-state index contributed by atoms with van der Waals surface area (Å²) in [6.45, 7) is 8.97. The summed E-state index contributed by atoms with van der Waals surface area (Å²) in [5.41, 5.74) is 2.84. The summed E-state index contributed by atoms with van der Waals surface area (Å²) in [6, 6.07) is 8.56. The van der Waals surface area contributed by atoms with Gasteiger partial charge in [-0.15, -0.1) is 24.8 Å². The Morgan fingerprint density at radius 3 is 2.68 bits per heavy atom. The maximum Gasteiger partial charge on any atom is 0.223 e. The van der Waals surface area contributed by atoms with E-state index < -0.39 is 0 Å². The van der Waals surface area contributed by atoms with Gasteiger partial charge in [-0.25, -0.2) is 0 Å².